The number of methoxy groups -OCH3 is 2. The number of aryl methyl sites for hydroxylation is 1. The Morgan fingerprint density at radius 1 is 1.29 bits per heavy atom. The van der Waals surface area contributed by atoms with Crippen LogP contribution in [-0.2, 0) is 11.2 Å². The standard InChI is InChI=1S/C20H23N3O5/c1-27-12-10-21-16-9-8-15(13-17(16)23(25)26)20(24)22-11-4-6-14-5-3-7-18(28-2)19(14)22/h3,5,7-9,13,21H,4,6,10-12H2,1-2H3. The summed E-state index contributed by atoms with van der Waals surface area (Å²) in [7, 11) is 3.13. The maximum Gasteiger partial charge on any atom is 0.293 e. The fourth-order valence-electron chi connectivity index (χ4n) is 3.39. The lowest BCUT2D eigenvalue weighted by molar-refractivity contribution is -0.384. The number of ether oxygens (including phenoxy) is 2. The number of nitro groups is 1. The second kappa shape index (κ2) is 8.71. The van der Waals surface area contributed by atoms with Crippen LogP contribution >= 0.6 is 0 Å². The molecule has 1 aliphatic rings. The lowest BCUT2D eigenvalue weighted by Crippen LogP contribution is -2.35. The zero-order valence-corrected chi connectivity index (χ0v) is 15.9. The molecule has 8 heteroatoms. The van der Waals surface area contributed by atoms with Gasteiger partial charge < -0.3 is 19.7 Å². The molecule has 1 aliphatic heterocycles. The molecule has 0 saturated heterocycles. The highest BCUT2D eigenvalue weighted by Gasteiger charge is 2.28. The van der Waals surface area contributed by atoms with Crippen LogP contribution in [0.15, 0.2) is 36.4 Å². The Bertz CT molecular complexity index is 870. The van der Waals surface area contributed by atoms with E-state index in [1.54, 1.807) is 31.3 Å². The molecule has 0 atom stereocenters. The zero-order chi connectivity index (χ0) is 20.1. The van der Waals surface area contributed by atoms with E-state index in [0.29, 0.717) is 31.1 Å². The van der Waals surface area contributed by atoms with E-state index in [1.165, 1.54) is 6.07 Å². The van der Waals surface area contributed by atoms with Crippen molar-refractivity contribution < 1.29 is 19.2 Å². The number of nitrogens with one attached hydrogen (secondary N) is 1. The lowest BCUT2D eigenvalue weighted by Gasteiger charge is -2.31. The van der Waals surface area contributed by atoms with Crippen LogP contribution in [-0.4, -0.2) is 44.7 Å². The summed E-state index contributed by atoms with van der Waals surface area (Å²) in [5.74, 6) is 0.342. The molecule has 1 N–H and O–H groups in total. The number of nitro benzene ring substituents is 1. The summed E-state index contributed by atoms with van der Waals surface area (Å²) in [6.07, 6.45) is 1.68. The van der Waals surface area contributed by atoms with E-state index in [9.17, 15) is 14.9 Å². The fourth-order valence-corrected chi connectivity index (χ4v) is 3.39. The van der Waals surface area contributed by atoms with Crippen molar-refractivity contribution in [1.29, 1.82) is 0 Å². The largest absolute Gasteiger partial charge is 0.495 e. The van der Waals surface area contributed by atoms with Crippen LogP contribution in [0, 0.1) is 10.1 Å². The Kier molecular flexibility index (Phi) is 6.10. The number of fused-ring (bicyclic) bond motifs is 1. The number of rotatable bonds is 7. The highest BCUT2D eigenvalue weighted by atomic mass is 16.6. The van der Waals surface area contributed by atoms with Gasteiger partial charge in [-0.3, -0.25) is 14.9 Å². The smallest absolute Gasteiger partial charge is 0.293 e. The Morgan fingerprint density at radius 2 is 2.11 bits per heavy atom. The molecule has 0 aromatic heterocycles. The minimum absolute atomic E-state index is 0.140. The summed E-state index contributed by atoms with van der Waals surface area (Å²) < 4.78 is 10.4. The molecule has 0 aliphatic carbocycles. The van der Waals surface area contributed by atoms with E-state index >= 15 is 0 Å². The topological polar surface area (TPSA) is 93.9 Å². The molecule has 8 nitrogen and oxygen atoms in total. The number of amides is 1. The van der Waals surface area contributed by atoms with Gasteiger partial charge in [-0.25, -0.2) is 0 Å². The second-order valence-electron chi connectivity index (χ2n) is 6.44. The maximum atomic E-state index is 13.2. The highest BCUT2D eigenvalue weighted by Crippen LogP contribution is 2.37. The third-order valence-corrected chi connectivity index (χ3v) is 4.71. The van der Waals surface area contributed by atoms with Crippen LogP contribution in [0.5, 0.6) is 5.75 Å². The van der Waals surface area contributed by atoms with Gasteiger partial charge in [0.2, 0.25) is 0 Å². The first-order chi connectivity index (χ1) is 13.6. The van der Waals surface area contributed by atoms with Crippen LogP contribution in [0.25, 0.3) is 0 Å². The molecule has 2 aromatic carbocycles. The molecule has 0 saturated carbocycles. The Hall–Kier alpha value is -3.13. The summed E-state index contributed by atoms with van der Waals surface area (Å²) in [5.41, 5.74) is 2.26. The van der Waals surface area contributed by atoms with Gasteiger partial charge in [0.15, 0.2) is 0 Å². The third-order valence-electron chi connectivity index (χ3n) is 4.71. The molecule has 0 unspecified atom stereocenters. The first-order valence-electron chi connectivity index (χ1n) is 9.05. The number of anilines is 2. The fraction of sp³-hybridized carbons (Fsp3) is 0.350. The van der Waals surface area contributed by atoms with Gasteiger partial charge in [-0.15, -0.1) is 0 Å². The van der Waals surface area contributed by atoms with E-state index in [4.69, 9.17) is 9.47 Å². The normalized spacial score (nSPS) is 13.0. The average molecular weight is 385 g/mol. The van der Waals surface area contributed by atoms with E-state index in [2.05, 4.69) is 5.32 Å². The Labute approximate surface area is 163 Å². The first-order valence-corrected chi connectivity index (χ1v) is 9.05. The molecule has 3 rings (SSSR count). The van der Waals surface area contributed by atoms with Crippen molar-refractivity contribution >= 4 is 23.0 Å². The molecule has 28 heavy (non-hydrogen) atoms. The molecular weight excluding hydrogens is 362 g/mol. The monoisotopic (exact) mass is 385 g/mol. The minimum atomic E-state index is -0.489. The third kappa shape index (κ3) is 3.91. The highest BCUT2D eigenvalue weighted by molar-refractivity contribution is 6.08. The van der Waals surface area contributed by atoms with Gasteiger partial charge in [0, 0.05) is 31.8 Å². The summed E-state index contributed by atoms with van der Waals surface area (Å²) in [6.45, 7) is 1.39. The van der Waals surface area contributed by atoms with Crippen molar-refractivity contribution in [3.8, 4) is 5.75 Å². The number of nitrogens with zero attached hydrogens (tertiary/aromatic N) is 2. The van der Waals surface area contributed by atoms with Crippen LogP contribution in [0.3, 0.4) is 0 Å². The Morgan fingerprint density at radius 3 is 2.82 bits per heavy atom. The van der Waals surface area contributed by atoms with Gasteiger partial charge in [-0.1, -0.05) is 12.1 Å². The molecule has 2 aromatic rings. The van der Waals surface area contributed by atoms with Gasteiger partial charge in [-0.05, 0) is 36.6 Å². The van der Waals surface area contributed by atoms with Crippen molar-refractivity contribution in [2.45, 2.75) is 12.8 Å². The van der Waals surface area contributed by atoms with Gasteiger partial charge in [0.25, 0.3) is 11.6 Å². The van der Waals surface area contributed by atoms with Gasteiger partial charge in [-0.2, -0.15) is 0 Å². The summed E-state index contributed by atoms with van der Waals surface area (Å²) >= 11 is 0. The molecule has 0 bridgehead atoms. The number of hydrogen-bond donors (Lipinski definition) is 1. The van der Waals surface area contributed by atoms with Gasteiger partial charge >= 0.3 is 0 Å². The molecule has 0 radical (unpaired) electrons. The first kappa shape index (κ1) is 19.6. The molecule has 1 heterocycles. The SMILES string of the molecule is COCCNc1ccc(C(=O)N2CCCc3cccc(OC)c32)cc1[N+](=O)[O-]. The van der Waals surface area contributed by atoms with Crippen molar-refractivity contribution in [2.75, 3.05) is 44.1 Å². The second-order valence-corrected chi connectivity index (χ2v) is 6.44. The summed E-state index contributed by atoms with van der Waals surface area (Å²) in [5, 5.41) is 14.5. The predicted molar refractivity (Wildman–Crippen MR) is 106 cm³/mol. The van der Waals surface area contributed by atoms with Crippen molar-refractivity contribution in [3.05, 3.63) is 57.6 Å². The number of hydrogen-bond acceptors (Lipinski definition) is 6. The molecule has 148 valence electrons. The summed E-state index contributed by atoms with van der Waals surface area (Å²) in [4.78, 5) is 25.8. The van der Waals surface area contributed by atoms with Gasteiger partial charge in [0.05, 0.1) is 24.3 Å². The van der Waals surface area contributed by atoms with E-state index in [-0.39, 0.29) is 17.2 Å². The minimum Gasteiger partial charge on any atom is -0.495 e. The van der Waals surface area contributed by atoms with E-state index in [1.807, 2.05) is 18.2 Å². The van der Waals surface area contributed by atoms with Crippen LogP contribution < -0.4 is 15.0 Å². The van der Waals surface area contributed by atoms with Gasteiger partial charge in [0.1, 0.15) is 11.4 Å². The van der Waals surface area contributed by atoms with Crippen LogP contribution in [0.4, 0.5) is 17.1 Å². The van der Waals surface area contributed by atoms with Crippen molar-refractivity contribution in [1.82, 2.24) is 0 Å². The summed E-state index contributed by atoms with van der Waals surface area (Å²) in [6, 6.07) is 10.2. The molecule has 0 spiro atoms. The van der Waals surface area contributed by atoms with Crippen molar-refractivity contribution in [2.24, 2.45) is 0 Å². The number of benzene rings is 2. The zero-order valence-electron chi connectivity index (χ0n) is 15.9. The number of para-hydroxylation sites is 1. The number of carbonyl (C=O) groups excluding carboxylic acids is 1. The lowest BCUT2D eigenvalue weighted by atomic mass is 9.99. The van der Waals surface area contributed by atoms with E-state index < -0.39 is 4.92 Å². The predicted octanol–water partition coefficient (Wildman–Crippen LogP) is 3.25. The quantitative estimate of drug-likeness (QED) is 0.447. The Balaban J connectivity index is 1.94. The molecule has 0 fully saturated rings. The maximum absolute atomic E-state index is 13.2. The molecular formula is C20H23N3O5. The molecule has 1 amide bonds. The van der Waals surface area contributed by atoms with Crippen LogP contribution in [0.2, 0.25) is 0 Å². The van der Waals surface area contributed by atoms with Crippen LogP contribution in [0.1, 0.15) is 22.3 Å². The van der Waals surface area contributed by atoms with Crippen molar-refractivity contribution in [3.63, 3.8) is 0 Å². The average Bonchev–Trinajstić information content (AvgIpc) is 2.72. The number of carbonyl (C=O) groups is 1. The van der Waals surface area contributed by atoms with E-state index in [0.717, 1.165) is 24.1 Å².